The van der Waals surface area contributed by atoms with Gasteiger partial charge in [0.1, 0.15) is 16.6 Å². The number of aryl methyl sites for hydroxylation is 2. The molecule has 1 aromatic carbocycles. The maximum Gasteiger partial charge on any atom is 0.208 e. The van der Waals surface area contributed by atoms with Crippen molar-refractivity contribution < 1.29 is 8.91 Å². The van der Waals surface area contributed by atoms with E-state index < -0.39 is 0 Å². The molecule has 0 amide bonds. The number of anilines is 1. The Labute approximate surface area is 137 Å². The standard InChI is InChI=1S/C16H17FN4OS/c1-10-14(11(2)22-20-10)9-21(3)16-19-18-15(23-16)8-12-4-6-13(17)7-5-12/h4-7H,8-9H2,1-3H3. The molecule has 7 heteroatoms. The molecule has 0 aliphatic rings. The van der Waals surface area contributed by atoms with Gasteiger partial charge in [0.05, 0.1) is 12.2 Å². The topological polar surface area (TPSA) is 55.1 Å². The molecule has 2 aromatic heterocycles. The molecule has 0 aliphatic heterocycles. The summed E-state index contributed by atoms with van der Waals surface area (Å²) in [5.41, 5.74) is 2.98. The Hall–Kier alpha value is -2.28. The monoisotopic (exact) mass is 332 g/mol. The van der Waals surface area contributed by atoms with Crippen LogP contribution in [0.2, 0.25) is 0 Å². The van der Waals surface area contributed by atoms with Crippen LogP contribution in [0.1, 0.15) is 27.6 Å². The molecule has 3 rings (SSSR count). The Kier molecular flexibility index (Phi) is 4.38. The van der Waals surface area contributed by atoms with Gasteiger partial charge in [0.15, 0.2) is 0 Å². The molecule has 0 spiro atoms. The molecule has 0 fully saturated rings. The molecular formula is C16H17FN4OS. The predicted octanol–water partition coefficient (Wildman–Crippen LogP) is 3.51. The van der Waals surface area contributed by atoms with Crippen LogP contribution < -0.4 is 4.90 Å². The predicted molar refractivity (Wildman–Crippen MR) is 87.2 cm³/mol. The first kappa shape index (κ1) is 15.6. The van der Waals surface area contributed by atoms with Gasteiger partial charge in [-0.25, -0.2) is 4.39 Å². The fraction of sp³-hybridized carbons (Fsp3) is 0.312. The van der Waals surface area contributed by atoms with Crippen LogP contribution in [0.25, 0.3) is 0 Å². The summed E-state index contributed by atoms with van der Waals surface area (Å²) in [5, 5.41) is 14.2. The summed E-state index contributed by atoms with van der Waals surface area (Å²) >= 11 is 1.53. The lowest BCUT2D eigenvalue weighted by atomic mass is 10.2. The van der Waals surface area contributed by atoms with E-state index in [1.807, 2.05) is 25.8 Å². The Morgan fingerprint density at radius 1 is 1.17 bits per heavy atom. The summed E-state index contributed by atoms with van der Waals surface area (Å²) in [6, 6.07) is 6.45. The summed E-state index contributed by atoms with van der Waals surface area (Å²) in [4.78, 5) is 2.03. The third-order valence-electron chi connectivity index (χ3n) is 3.63. The van der Waals surface area contributed by atoms with Crippen molar-refractivity contribution in [3.8, 4) is 0 Å². The SMILES string of the molecule is Cc1noc(C)c1CN(C)c1nnc(Cc2ccc(F)cc2)s1. The van der Waals surface area contributed by atoms with Crippen molar-refractivity contribution in [2.75, 3.05) is 11.9 Å². The van der Waals surface area contributed by atoms with Gasteiger partial charge < -0.3 is 9.42 Å². The van der Waals surface area contributed by atoms with Crippen LogP contribution in [0.3, 0.4) is 0 Å². The van der Waals surface area contributed by atoms with Gasteiger partial charge in [-0.1, -0.05) is 28.6 Å². The third-order valence-corrected chi connectivity index (χ3v) is 4.67. The number of hydrogen-bond acceptors (Lipinski definition) is 6. The minimum atomic E-state index is -0.231. The van der Waals surface area contributed by atoms with Crippen LogP contribution >= 0.6 is 11.3 Å². The van der Waals surface area contributed by atoms with E-state index in [2.05, 4.69) is 15.4 Å². The van der Waals surface area contributed by atoms with Gasteiger partial charge in [0, 0.05) is 19.0 Å². The average Bonchev–Trinajstić information content (AvgIpc) is 3.11. The normalized spacial score (nSPS) is 11.0. The van der Waals surface area contributed by atoms with Crippen molar-refractivity contribution in [2.24, 2.45) is 0 Å². The van der Waals surface area contributed by atoms with Crippen molar-refractivity contribution in [1.29, 1.82) is 0 Å². The molecule has 0 aliphatic carbocycles. The Morgan fingerprint density at radius 2 is 1.91 bits per heavy atom. The van der Waals surface area contributed by atoms with Gasteiger partial charge in [-0.15, -0.1) is 10.2 Å². The van der Waals surface area contributed by atoms with Crippen LogP contribution in [-0.4, -0.2) is 22.4 Å². The van der Waals surface area contributed by atoms with Gasteiger partial charge in [-0.2, -0.15) is 0 Å². The van der Waals surface area contributed by atoms with E-state index in [1.165, 1.54) is 23.5 Å². The summed E-state index contributed by atoms with van der Waals surface area (Å²) in [6.45, 7) is 4.51. The number of halogens is 1. The van der Waals surface area contributed by atoms with Gasteiger partial charge in [-0.05, 0) is 31.5 Å². The first-order chi connectivity index (χ1) is 11.0. The first-order valence-electron chi connectivity index (χ1n) is 7.22. The number of benzene rings is 1. The van der Waals surface area contributed by atoms with E-state index >= 15 is 0 Å². The molecule has 3 aromatic rings. The summed E-state index contributed by atoms with van der Waals surface area (Å²) in [7, 11) is 1.97. The number of rotatable bonds is 5. The van der Waals surface area contributed by atoms with Gasteiger partial charge in [-0.3, -0.25) is 0 Å². The molecule has 0 saturated heterocycles. The van der Waals surface area contributed by atoms with Crippen molar-refractivity contribution in [2.45, 2.75) is 26.8 Å². The largest absolute Gasteiger partial charge is 0.361 e. The lowest BCUT2D eigenvalue weighted by Crippen LogP contribution is -2.17. The molecule has 0 atom stereocenters. The number of aromatic nitrogens is 3. The summed E-state index contributed by atoms with van der Waals surface area (Å²) in [5.74, 6) is 0.594. The highest BCUT2D eigenvalue weighted by Crippen LogP contribution is 2.24. The second-order valence-electron chi connectivity index (χ2n) is 5.44. The highest BCUT2D eigenvalue weighted by atomic mass is 32.1. The highest BCUT2D eigenvalue weighted by molar-refractivity contribution is 7.15. The Balaban J connectivity index is 1.70. The lowest BCUT2D eigenvalue weighted by molar-refractivity contribution is 0.392. The smallest absolute Gasteiger partial charge is 0.208 e. The third kappa shape index (κ3) is 3.56. The average molecular weight is 332 g/mol. The zero-order valence-corrected chi connectivity index (χ0v) is 14.0. The second kappa shape index (κ2) is 6.45. The maximum atomic E-state index is 12.9. The van der Waals surface area contributed by atoms with E-state index in [0.717, 1.165) is 32.7 Å². The maximum absolute atomic E-state index is 12.9. The minimum Gasteiger partial charge on any atom is -0.361 e. The van der Waals surface area contributed by atoms with E-state index in [9.17, 15) is 4.39 Å². The fourth-order valence-electron chi connectivity index (χ4n) is 2.28. The molecule has 0 unspecified atom stereocenters. The van der Waals surface area contributed by atoms with E-state index in [4.69, 9.17) is 4.52 Å². The highest BCUT2D eigenvalue weighted by Gasteiger charge is 2.15. The molecule has 0 bridgehead atoms. The van der Waals surface area contributed by atoms with E-state index in [0.29, 0.717) is 13.0 Å². The zero-order chi connectivity index (χ0) is 16.4. The molecule has 0 radical (unpaired) electrons. The van der Waals surface area contributed by atoms with Crippen LogP contribution in [-0.2, 0) is 13.0 Å². The second-order valence-corrected chi connectivity index (χ2v) is 6.48. The minimum absolute atomic E-state index is 0.231. The van der Waals surface area contributed by atoms with Crippen molar-refractivity contribution >= 4 is 16.5 Å². The zero-order valence-electron chi connectivity index (χ0n) is 13.2. The molecule has 0 N–H and O–H groups in total. The van der Waals surface area contributed by atoms with Gasteiger partial charge >= 0.3 is 0 Å². The number of nitrogens with zero attached hydrogens (tertiary/aromatic N) is 4. The molecule has 2 heterocycles. The van der Waals surface area contributed by atoms with Crippen molar-refractivity contribution in [3.05, 3.63) is 57.7 Å². The van der Waals surface area contributed by atoms with E-state index in [1.54, 1.807) is 12.1 Å². The van der Waals surface area contributed by atoms with Crippen molar-refractivity contribution in [1.82, 2.24) is 15.4 Å². The van der Waals surface area contributed by atoms with Crippen LogP contribution in [0.4, 0.5) is 9.52 Å². The lowest BCUT2D eigenvalue weighted by Gasteiger charge is -2.14. The first-order valence-corrected chi connectivity index (χ1v) is 8.04. The van der Waals surface area contributed by atoms with Crippen LogP contribution in [0.5, 0.6) is 0 Å². The summed E-state index contributed by atoms with van der Waals surface area (Å²) < 4.78 is 18.1. The molecule has 120 valence electrons. The Morgan fingerprint density at radius 3 is 2.57 bits per heavy atom. The van der Waals surface area contributed by atoms with Crippen molar-refractivity contribution in [3.63, 3.8) is 0 Å². The van der Waals surface area contributed by atoms with Crippen LogP contribution in [0.15, 0.2) is 28.8 Å². The molecular weight excluding hydrogens is 315 g/mol. The van der Waals surface area contributed by atoms with Crippen LogP contribution in [0, 0.1) is 19.7 Å². The number of hydrogen-bond donors (Lipinski definition) is 0. The molecule has 0 saturated carbocycles. The fourth-order valence-corrected chi connectivity index (χ4v) is 3.11. The molecule has 5 nitrogen and oxygen atoms in total. The Bertz CT molecular complexity index is 777. The quantitative estimate of drug-likeness (QED) is 0.715. The van der Waals surface area contributed by atoms with Gasteiger partial charge in [0.2, 0.25) is 5.13 Å². The molecule has 23 heavy (non-hydrogen) atoms. The van der Waals surface area contributed by atoms with Gasteiger partial charge in [0.25, 0.3) is 0 Å². The summed E-state index contributed by atoms with van der Waals surface area (Å²) in [6.07, 6.45) is 0.650. The van der Waals surface area contributed by atoms with E-state index in [-0.39, 0.29) is 5.82 Å².